The van der Waals surface area contributed by atoms with Gasteiger partial charge in [-0.05, 0) is 36.4 Å². The van der Waals surface area contributed by atoms with Gasteiger partial charge in [-0.3, -0.25) is 4.98 Å². The Bertz CT molecular complexity index is 1110. The van der Waals surface area contributed by atoms with Gasteiger partial charge in [0.1, 0.15) is 11.6 Å². The molecule has 0 atom stereocenters. The van der Waals surface area contributed by atoms with Crippen LogP contribution in [-0.2, 0) is 6.54 Å². The van der Waals surface area contributed by atoms with Crippen LogP contribution in [0.2, 0.25) is 0 Å². The zero-order valence-corrected chi connectivity index (χ0v) is 13.6. The molecule has 3 heterocycles. The first-order valence-electron chi connectivity index (χ1n) is 7.95. The largest absolute Gasteiger partial charge is 0.438 e. The smallest absolute Gasteiger partial charge is 0.220 e. The van der Waals surface area contributed by atoms with Crippen LogP contribution in [0.5, 0.6) is 11.6 Å². The van der Waals surface area contributed by atoms with Gasteiger partial charge >= 0.3 is 0 Å². The van der Waals surface area contributed by atoms with Crippen LogP contribution < -0.4 is 4.74 Å². The first-order valence-corrected chi connectivity index (χ1v) is 7.95. The fourth-order valence-electron chi connectivity index (χ4n) is 2.74. The summed E-state index contributed by atoms with van der Waals surface area (Å²) in [7, 11) is 0. The van der Waals surface area contributed by atoms with Crippen LogP contribution in [0.1, 0.15) is 11.3 Å². The number of hydrogen-bond acceptors (Lipinski definition) is 4. The molecule has 3 aromatic heterocycles. The quantitative estimate of drug-likeness (QED) is 0.554. The zero-order valence-electron chi connectivity index (χ0n) is 13.6. The summed E-state index contributed by atoms with van der Waals surface area (Å²) in [6.45, 7) is 0.523. The minimum absolute atomic E-state index is 0.353. The topological polar surface area (TPSA) is 63.7 Å². The van der Waals surface area contributed by atoms with Gasteiger partial charge in [-0.2, -0.15) is 5.26 Å². The average molecular weight is 344 g/mol. The van der Waals surface area contributed by atoms with Gasteiger partial charge in [0, 0.05) is 23.8 Å². The number of fused-ring (bicyclic) bond motifs is 1. The van der Waals surface area contributed by atoms with Gasteiger partial charge in [-0.25, -0.2) is 9.37 Å². The molecule has 4 aromatic rings. The molecule has 0 spiro atoms. The van der Waals surface area contributed by atoms with E-state index in [9.17, 15) is 4.39 Å². The molecule has 0 fully saturated rings. The van der Waals surface area contributed by atoms with Crippen LogP contribution in [-0.4, -0.2) is 14.5 Å². The van der Waals surface area contributed by atoms with Crippen LogP contribution in [0.3, 0.4) is 0 Å². The number of aromatic nitrogens is 3. The lowest BCUT2D eigenvalue weighted by Crippen LogP contribution is -2.00. The van der Waals surface area contributed by atoms with Crippen molar-refractivity contribution in [3.05, 3.63) is 84.2 Å². The lowest BCUT2D eigenvalue weighted by Gasteiger charge is -2.08. The first kappa shape index (κ1) is 15.8. The predicted octanol–water partition coefficient (Wildman–Crippen LogP) is 4.28. The standard InChI is InChI=1S/C20H13FN4O/c21-15-4-5-16(24-12-15)13-25-9-7-17-18(25)2-1-3-19(17)26-20-10-14(11-22)6-8-23-20/h1-10,12H,13H2. The molecule has 0 saturated heterocycles. The second-order valence-corrected chi connectivity index (χ2v) is 5.70. The molecule has 0 bridgehead atoms. The Hall–Kier alpha value is -3.72. The highest BCUT2D eigenvalue weighted by Gasteiger charge is 2.09. The first-order chi connectivity index (χ1) is 12.7. The van der Waals surface area contributed by atoms with E-state index in [-0.39, 0.29) is 5.82 Å². The van der Waals surface area contributed by atoms with Crippen LogP contribution in [0, 0.1) is 17.1 Å². The summed E-state index contributed by atoms with van der Waals surface area (Å²) in [5, 5.41) is 9.91. The van der Waals surface area contributed by atoms with E-state index in [4.69, 9.17) is 10.00 Å². The SMILES string of the molecule is N#Cc1ccnc(Oc2cccc3c2ccn3Cc2ccc(F)cn2)c1. The van der Waals surface area contributed by atoms with Gasteiger partial charge in [0.25, 0.3) is 0 Å². The lowest BCUT2D eigenvalue weighted by atomic mass is 10.2. The molecule has 0 amide bonds. The van der Waals surface area contributed by atoms with E-state index in [1.807, 2.05) is 35.0 Å². The minimum Gasteiger partial charge on any atom is -0.438 e. The maximum Gasteiger partial charge on any atom is 0.220 e. The molecule has 1 aromatic carbocycles. The summed E-state index contributed by atoms with van der Waals surface area (Å²) >= 11 is 0. The van der Waals surface area contributed by atoms with Gasteiger partial charge in [0.15, 0.2) is 0 Å². The normalized spacial score (nSPS) is 10.6. The molecular weight excluding hydrogens is 331 g/mol. The highest BCUT2D eigenvalue weighted by molar-refractivity contribution is 5.86. The Morgan fingerprint density at radius 3 is 2.85 bits per heavy atom. The summed E-state index contributed by atoms with van der Waals surface area (Å²) in [5.41, 5.74) is 2.21. The Balaban J connectivity index is 1.66. The van der Waals surface area contributed by atoms with E-state index in [2.05, 4.69) is 16.0 Å². The molecule has 5 nitrogen and oxygen atoms in total. The average Bonchev–Trinajstić information content (AvgIpc) is 3.08. The minimum atomic E-state index is -0.353. The van der Waals surface area contributed by atoms with Crippen molar-refractivity contribution < 1.29 is 9.13 Å². The number of nitrogens with zero attached hydrogens (tertiary/aromatic N) is 4. The highest BCUT2D eigenvalue weighted by Crippen LogP contribution is 2.30. The number of ether oxygens (including phenoxy) is 1. The molecule has 0 aliphatic carbocycles. The van der Waals surface area contributed by atoms with E-state index in [1.54, 1.807) is 24.4 Å². The van der Waals surface area contributed by atoms with E-state index >= 15 is 0 Å². The Morgan fingerprint density at radius 1 is 1.12 bits per heavy atom. The van der Waals surface area contributed by atoms with Gasteiger partial charge < -0.3 is 9.30 Å². The summed E-state index contributed by atoms with van der Waals surface area (Å²) in [4.78, 5) is 8.25. The summed E-state index contributed by atoms with van der Waals surface area (Å²) in [6.07, 6.45) is 4.69. The molecule has 0 N–H and O–H groups in total. The molecular formula is C20H13FN4O. The zero-order chi connectivity index (χ0) is 17.9. The van der Waals surface area contributed by atoms with Crippen LogP contribution in [0.4, 0.5) is 4.39 Å². The molecule has 6 heteroatoms. The monoisotopic (exact) mass is 344 g/mol. The third-order valence-corrected chi connectivity index (χ3v) is 3.97. The number of pyridine rings is 2. The van der Waals surface area contributed by atoms with Crippen LogP contribution in [0.15, 0.2) is 67.1 Å². The highest BCUT2D eigenvalue weighted by atomic mass is 19.1. The summed E-state index contributed by atoms with van der Waals surface area (Å²) < 4.78 is 20.9. The maximum absolute atomic E-state index is 13.0. The Kier molecular flexibility index (Phi) is 4.04. The van der Waals surface area contributed by atoms with Crippen molar-refractivity contribution in [3.8, 4) is 17.7 Å². The summed E-state index contributed by atoms with van der Waals surface area (Å²) in [5.74, 6) is 0.661. The molecule has 0 aliphatic rings. The van der Waals surface area contributed by atoms with Crippen molar-refractivity contribution in [3.63, 3.8) is 0 Å². The van der Waals surface area contributed by atoms with E-state index in [0.717, 1.165) is 16.6 Å². The van der Waals surface area contributed by atoms with Crippen molar-refractivity contribution in [1.82, 2.24) is 14.5 Å². The van der Waals surface area contributed by atoms with Crippen LogP contribution in [0.25, 0.3) is 10.9 Å². The Morgan fingerprint density at radius 2 is 2.04 bits per heavy atom. The summed E-state index contributed by atoms with van der Waals surface area (Å²) in [6, 6.07) is 16.0. The number of hydrogen-bond donors (Lipinski definition) is 0. The fraction of sp³-hybridized carbons (Fsp3) is 0.0500. The third-order valence-electron chi connectivity index (χ3n) is 3.97. The van der Waals surface area contributed by atoms with Gasteiger partial charge in [0.2, 0.25) is 5.88 Å². The molecule has 126 valence electrons. The number of benzene rings is 1. The maximum atomic E-state index is 13.0. The number of rotatable bonds is 4. The molecule has 0 unspecified atom stereocenters. The lowest BCUT2D eigenvalue weighted by molar-refractivity contribution is 0.468. The van der Waals surface area contributed by atoms with Crippen molar-refractivity contribution in [2.45, 2.75) is 6.54 Å². The third kappa shape index (κ3) is 3.10. The number of halogens is 1. The molecule has 4 rings (SSSR count). The van der Waals surface area contributed by atoms with Crippen molar-refractivity contribution in [2.75, 3.05) is 0 Å². The molecule has 0 saturated carbocycles. The van der Waals surface area contributed by atoms with Gasteiger partial charge in [-0.1, -0.05) is 6.07 Å². The van der Waals surface area contributed by atoms with Gasteiger partial charge in [-0.15, -0.1) is 0 Å². The number of nitriles is 1. The molecule has 0 aliphatic heterocycles. The van der Waals surface area contributed by atoms with Crippen molar-refractivity contribution in [2.24, 2.45) is 0 Å². The molecule has 26 heavy (non-hydrogen) atoms. The van der Waals surface area contributed by atoms with E-state index < -0.39 is 0 Å². The van der Waals surface area contributed by atoms with Crippen molar-refractivity contribution >= 4 is 10.9 Å². The van der Waals surface area contributed by atoms with Gasteiger partial charge in [0.05, 0.1) is 35.6 Å². The second-order valence-electron chi connectivity index (χ2n) is 5.70. The van der Waals surface area contributed by atoms with E-state index in [1.165, 1.54) is 12.3 Å². The predicted molar refractivity (Wildman–Crippen MR) is 94.3 cm³/mol. The van der Waals surface area contributed by atoms with Crippen LogP contribution >= 0.6 is 0 Å². The second kappa shape index (κ2) is 6.65. The fourth-order valence-corrected chi connectivity index (χ4v) is 2.74. The van der Waals surface area contributed by atoms with Crippen molar-refractivity contribution in [1.29, 1.82) is 5.26 Å². The van der Waals surface area contributed by atoms with E-state index in [0.29, 0.717) is 23.7 Å². The Labute approximate surface area is 148 Å². The molecule has 0 radical (unpaired) electrons.